The number of nitrogens with zero attached hydrogens (tertiary/aromatic N) is 1. The van der Waals surface area contributed by atoms with Crippen LogP contribution in [0.2, 0.25) is 5.02 Å². The van der Waals surface area contributed by atoms with Gasteiger partial charge in [0.05, 0.1) is 16.5 Å². The van der Waals surface area contributed by atoms with Gasteiger partial charge >= 0.3 is 0 Å². The van der Waals surface area contributed by atoms with E-state index in [0.29, 0.717) is 45.5 Å². The minimum atomic E-state index is -0.543. The molecule has 33 heavy (non-hydrogen) atoms. The smallest absolute Gasteiger partial charge is 0.294 e. The van der Waals surface area contributed by atoms with E-state index in [2.05, 4.69) is 27.8 Å². The number of imide groups is 1. The number of thioether (sulfide) groups is 1. The predicted octanol–water partition coefficient (Wildman–Crippen LogP) is 5.74. The third-order valence-electron chi connectivity index (χ3n) is 4.30. The zero-order valence-electron chi connectivity index (χ0n) is 17.6. The molecule has 1 heterocycles. The summed E-state index contributed by atoms with van der Waals surface area (Å²) in [5, 5.41) is 2.53. The number of halogens is 2. The topological polar surface area (TPSA) is 84.9 Å². The number of amides is 3. The van der Waals surface area contributed by atoms with Crippen molar-refractivity contribution in [1.29, 1.82) is 0 Å². The Balaban J connectivity index is 1.72. The lowest BCUT2D eigenvalue weighted by atomic mass is 10.2. The molecule has 2 aromatic carbocycles. The molecule has 3 rings (SSSR count). The Kier molecular flexibility index (Phi) is 8.60. The molecule has 3 amide bonds. The maximum Gasteiger partial charge on any atom is 0.294 e. The van der Waals surface area contributed by atoms with Gasteiger partial charge in [-0.05, 0) is 76.6 Å². The predicted molar refractivity (Wildman–Crippen MR) is 134 cm³/mol. The van der Waals surface area contributed by atoms with Gasteiger partial charge in [-0.25, -0.2) is 0 Å². The van der Waals surface area contributed by atoms with Crippen LogP contribution in [-0.2, 0) is 9.59 Å². The first-order valence-electron chi connectivity index (χ1n) is 9.83. The van der Waals surface area contributed by atoms with Gasteiger partial charge in [0.15, 0.2) is 11.5 Å². The van der Waals surface area contributed by atoms with Crippen molar-refractivity contribution in [3.05, 3.63) is 69.0 Å². The van der Waals surface area contributed by atoms with E-state index in [0.717, 1.165) is 16.7 Å². The summed E-state index contributed by atoms with van der Waals surface area (Å²) in [7, 11) is 0. The number of hydrogen-bond donors (Lipinski definition) is 1. The molecule has 0 bridgehead atoms. The summed E-state index contributed by atoms with van der Waals surface area (Å²) >= 11 is 10.1. The Hall–Kier alpha value is -2.75. The first-order chi connectivity index (χ1) is 15.8. The Labute approximate surface area is 208 Å². The summed E-state index contributed by atoms with van der Waals surface area (Å²) in [5.41, 5.74) is 1.11. The zero-order valence-corrected chi connectivity index (χ0v) is 20.8. The van der Waals surface area contributed by atoms with E-state index in [1.807, 2.05) is 6.92 Å². The van der Waals surface area contributed by atoms with Crippen molar-refractivity contribution in [2.45, 2.75) is 6.92 Å². The number of rotatable bonds is 9. The maximum absolute atomic E-state index is 12.8. The molecule has 172 valence electrons. The van der Waals surface area contributed by atoms with Crippen LogP contribution in [0.15, 0.2) is 58.4 Å². The fourth-order valence-corrected chi connectivity index (χ4v) is 4.12. The van der Waals surface area contributed by atoms with Crippen LogP contribution in [0.5, 0.6) is 11.5 Å². The number of ether oxygens (including phenoxy) is 2. The number of benzene rings is 2. The molecule has 0 radical (unpaired) electrons. The molecule has 0 atom stereocenters. The van der Waals surface area contributed by atoms with Crippen molar-refractivity contribution >= 4 is 68.1 Å². The molecule has 1 aliphatic heterocycles. The lowest BCUT2D eigenvalue weighted by Gasteiger charge is -2.13. The lowest BCUT2D eigenvalue weighted by molar-refractivity contribution is -0.127. The van der Waals surface area contributed by atoms with Crippen LogP contribution in [0.3, 0.4) is 0 Å². The van der Waals surface area contributed by atoms with Crippen molar-refractivity contribution < 1.29 is 23.9 Å². The average molecular weight is 552 g/mol. The fraction of sp³-hybridized carbons (Fsp3) is 0.174. The SMILES string of the molecule is C=CCOc1ccc(/C=C2/SC(=O)N(CC(=O)Nc3ccc(Br)c(Cl)c3)C2=O)cc1OCC. The average Bonchev–Trinajstić information content (AvgIpc) is 3.03. The van der Waals surface area contributed by atoms with Gasteiger partial charge in [-0.15, -0.1) is 0 Å². The summed E-state index contributed by atoms with van der Waals surface area (Å²) in [6, 6.07) is 10.1. The van der Waals surface area contributed by atoms with Crippen molar-refractivity contribution in [2.24, 2.45) is 0 Å². The van der Waals surface area contributed by atoms with E-state index in [4.69, 9.17) is 21.1 Å². The quantitative estimate of drug-likeness (QED) is 0.316. The van der Waals surface area contributed by atoms with Gasteiger partial charge in [0.25, 0.3) is 11.1 Å². The second-order valence-corrected chi connectivity index (χ2v) is 8.94. The fourth-order valence-electron chi connectivity index (χ4n) is 2.86. The molecule has 0 aromatic heterocycles. The second-order valence-electron chi connectivity index (χ2n) is 6.68. The first kappa shape index (κ1) is 24.9. The van der Waals surface area contributed by atoms with Gasteiger partial charge in [0.1, 0.15) is 13.2 Å². The van der Waals surface area contributed by atoms with Crippen LogP contribution in [0, 0.1) is 0 Å². The largest absolute Gasteiger partial charge is 0.490 e. The molecule has 1 aliphatic rings. The van der Waals surface area contributed by atoms with Gasteiger partial charge in [-0.1, -0.05) is 30.3 Å². The second kappa shape index (κ2) is 11.4. The van der Waals surface area contributed by atoms with Crippen molar-refractivity contribution in [2.75, 3.05) is 25.1 Å². The van der Waals surface area contributed by atoms with Gasteiger partial charge in [0, 0.05) is 10.2 Å². The Morgan fingerprint density at radius 2 is 2.00 bits per heavy atom. The van der Waals surface area contributed by atoms with Crippen molar-refractivity contribution in [3.8, 4) is 11.5 Å². The number of nitrogens with one attached hydrogen (secondary N) is 1. The molecule has 2 aromatic rings. The molecule has 0 aliphatic carbocycles. The number of carbonyl (C=O) groups is 3. The number of hydrogen-bond acceptors (Lipinski definition) is 6. The molecule has 0 saturated carbocycles. The van der Waals surface area contributed by atoms with Crippen LogP contribution in [-0.4, -0.2) is 41.7 Å². The molecule has 1 N–H and O–H groups in total. The van der Waals surface area contributed by atoms with Crippen LogP contribution in [0.25, 0.3) is 6.08 Å². The van der Waals surface area contributed by atoms with Gasteiger partial charge in [-0.2, -0.15) is 0 Å². The molecular formula is C23H20BrClN2O5S. The summed E-state index contributed by atoms with van der Waals surface area (Å²) < 4.78 is 11.9. The molecule has 10 heteroatoms. The molecule has 7 nitrogen and oxygen atoms in total. The number of carbonyl (C=O) groups excluding carboxylic acids is 3. The molecular weight excluding hydrogens is 532 g/mol. The lowest BCUT2D eigenvalue weighted by Crippen LogP contribution is -2.36. The van der Waals surface area contributed by atoms with Gasteiger partial charge in [-0.3, -0.25) is 19.3 Å². The standard InChI is InChI=1S/C23H20BrClN2O5S/c1-3-9-32-18-8-5-14(10-19(18)31-4-2)11-20-22(29)27(23(30)33-20)13-21(28)26-15-6-7-16(24)17(25)12-15/h3,5-8,10-12H,1,4,9,13H2,2H3,(H,26,28)/b20-11+. The monoisotopic (exact) mass is 550 g/mol. The molecule has 0 unspecified atom stereocenters. The Morgan fingerprint density at radius 3 is 2.70 bits per heavy atom. The van der Waals surface area contributed by atoms with Crippen LogP contribution >= 0.6 is 39.3 Å². The molecule has 1 fully saturated rings. The van der Waals surface area contributed by atoms with Crippen molar-refractivity contribution in [3.63, 3.8) is 0 Å². The van der Waals surface area contributed by atoms with Gasteiger partial charge in [0.2, 0.25) is 5.91 Å². The third kappa shape index (κ3) is 6.40. The van der Waals surface area contributed by atoms with E-state index in [1.54, 1.807) is 48.6 Å². The summed E-state index contributed by atoms with van der Waals surface area (Å²) in [4.78, 5) is 38.6. The van der Waals surface area contributed by atoms with E-state index in [-0.39, 0.29) is 4.91 Å². The van der Waals surface area contributed by atoms with E-state index >= 15 is 0 Å². The summed E-state index contributed by atoms with van der Waals surface area (Å²) in [6.45, 7) is 5.82. The Morgan fingerprint density at radius 1 is 1.21 bits per heavy atom. The molecule has 0 spiro atoms. The Bertz CT molecular complexity index is 1140. The van der Waals surface area contributed by atoms with Crippen LogP contribution in [0.1, 0.15) is 12.5 Å². The van der Waals surface area contributed by atoms with Gasteiger partial charge < -0.3 is 14.8 Å². The normalized spacial score (nSPS) is 14.5. The van der Waals surface area contributed by atoms with Crippen molar-refractivity contribution in [1.82, 2.24) is 4.90 Å². The van der Waals surface area contributed by atoms with Crippen LogP contribution < -0.4 is 14.8 Å². The van der Waals surface area contributed by atoms with E-state index in [9.17, 15) is 14.4 Å². The number of anilines is 1. The highest BCUT2D eigenvalue weighted by Crippen LogP contribution is 2.35. The van der Waals surface area contributed by atoms with E-state index in [1.165, 1.54) is 0 Å². The third-order valence-corrected chi connectivity index (χ3v) is 6.44. The first-order valence-corrected chi connectivity index (χ1v) is 11.8. The molecule has 1 saturated heterocycles. The van der Waals surface area contributed by atoms with Crippen LogP contribution in [0.4, 0.5) is 10.5 Å². The highest BCUT2D eigenvalue weighted by Gasteiger charge is 2.36. The summed E-state index contributed by atoms with van der Waals surface area (Å²) in [6.07, 6.45) is 3.21. The summed E-state index contributed by atoms with van der Waals surface area (Å²) in [5.74, 6) is 0.00445. The zero-order chi connectivity index (χ0) is 24.0. The minimum Gasteiger partial charge on any atom is -0.490 e. The minimum absolute atomic E-state index is 0.210. The highest BCUT2D eigenvalue weighted by molar-refractivity contribution is 9.10. The highest BCUT2D eigenvalue weighted by atomic mass is 79.9. The van der Waals surface area contributed by atoms with E-state index < -0.39 is 23.6 Å². The maximum atomic E-state index is 12.8.